The molecule has 4 heteroatoms. The minimum Gasteiger partial charge on any atom is -0.396 e. The fourth-order valence-electron chi connectivity index (χ4n) is 1.23. The van der Waals surface area contributed by atoms with E-state index in [0.29, 0.717) is 13.0 Å². The molecule has 0 saturated heterocycles. The van der Waals surface area contributed by atoms with Crippen molar-refractivity contribution in [2.24, 2.45) is 12.8 Å². The van der Waals surface area contributed by atoms with E-state index in [1.165, 1.54) is 0 Å². The Morgan fingerprint density at radius 3 is 2.92 bits per heavy atom. The van der Waals surface area contributed by atoms with Crippen molar-refractivity contribution in [2.75, 3.05) is 13.2 Å². The van der Waals surface area contributed by atoms with Gasteiger partial charge in [0.15, 0.2) is 0 Å². The van der Waals surface area contributed by atoms with Gasteiger partial charge in [-0.05, 0) is 18.5 Å². The molecule has 68 valence electrons. The number of nitrogens with zero attached hydrogens (tertiary/aromatic N) is 2. The lowest BCUT2D eigenvalue weighted by atomic mass is 10.00. The zero-order valence-electron chi connectivity index (χ0n) is 7.27. The lowest BCUT2D eigenvalue weighted by molar-refractivity contribution is 0.276. The summed E-state index contributed by atoms with van der Waals surface area (Å²) in [6.07, 6.45) is 4.45. The van der Waals surface area contributed by atoms with E-state index in [0.717, 1.165) is 5.56 Å². The number of hydrogen-bond acceptors (Lipinski definition) is 3. The molecular formula is C8H15N3O. The first-order valence-corrected chi connectivity index (χ1v) is 4.07. The Balaban J connectivity index is 2.66. The van der Waals surface area contributed by atoms with Crippen molar-refractivity contribution in [1.82, 2.24) is 9.78 Å². The molecule has 0 aliphatic carbocycles. The third-order valence-corrected chi connectivity index (χ3v) is 1.96. The smallest absolute Gasteiger partial charge is 0.0524 e. The van der Waals surface area contributed by atoms with Crippen LogP contribution in [0.4, 0.5) is 0 Å². The van der Waals surface area contributed by atoms with Gasteiger partial charge in [-0.25, -0.2) is 0 Å². The molecule has 0 radical (unpaired) electrons. The van der Waals surface area contributed by atoms with Crippen molar-refractivity contribution in [3.8, 4) is 0 Å². The van der Waals surface area contributed by atoms with E-state index < -0.39 is 0 Å². The van der Waals surface area contributed by atoms with E-state index in [4.69, 9.17) is 10.8 Å². The normalized spacial score (nSPS) is 13.2. The highest BCUT2D eigenvalue weighted by atomic mass is 16.3. The van der Waals surface area contributed by atoms with E-state index in [-0.39, 0.29) is 12.5 Å². The Bertz CT molecular complexity index is 234. The van der Waals surface area contributed by atoms with Gasteiger partial charge in [-0.1, -0.05) is 0 Å². The highest BCUT2D eigenvalue weighted by molar-refractivity contribution is 5.11. The molecule has 1 rings (SSSR count). The zero-order valence-corrected chi connectivity index (χ0v) is 7.27. The van der Waals surface area contributed by atoms with E-state index in [9.17, 15) is 0 Å². The van der Waals surface area contributed by atoms with Crippen molar-refractivity contribution in [2.45, 2.75) is 12.3 Å². The van der Waals surface area contributed by atoms with Gasteiger partial charge in [-0.2, -0.15) is 5.10 Å². The average Bonchev–Trinajstić information content (AvgIpc) is 2.47. The fraction of sp³-hybridized carbons (Fsp3) is 0.625. The number of aliphatic hydroxyl groups excluding tert-OH is 1. The van der Waals surface area contributed by atoms with E-state index in [2.05, 4.69) is 5.10 Å². The molecule has 1 aromatic heterocycles. The van der Waals surface area contributed by atoms with Gasteiger partial charge in [0.2, 0.25) is 0 Å². The first-order valence-electron chi connectivity index (χ1n) is 4.07. The van der Waals surface area contributed by atoms with Crippen LogP contribution in [-0.2, 0) is 7.05 Å². The monoisotopic (exact) mass is 169 g/mol. The molecule has 0 bridgehead atoms. The second kappa shape index (κ2) is 4.23. The van der Waals surface area contributed by atoms with Gasteiger partial charge in [0.25, 0.3) is 0 Å². The second-order valence-corrected chi connectivity index (χ2v) is 2.89. The van der Waals surface area contributed by atoms with Gasteiger partial charge in [0.05, 0.1) is 6.20 Å². The van der Waals surface area contributed by atoms with E-state index >= 15 is 0 Å². The quantitative estimate of drug-likeness (QED) is 0.658. The predicted octanol–water partition coefficient (Wildman–Crippen LogP) is -0.155. The van der Waals surface area contributed by atoms with Crippen LogP contribution in [0.25, 0.3) is 0 Å². The lowest BCUT2D eigenvalue weighted by Crippen LogP contribution is -2.13. The fourth-order valence-corrected chi connectivity index (χ4v) is 1.23. The summed E-state index contributed by atoms with van der Waals surface area (Å²) in [7, 11) is 1.87. The molecule has 0 aromatic carbocycles. The van der Waals surface area contributed by atoms with Gasteiger partial charge in [0, 0.05) is 25.8 Å². The van der Waals surface area contributed by atoms with Crippen molar-refractivity contribution >= 4 is 0 Å². The van der Waals surface area contributed by atoms with Crippen molar-refractivity contribution in [3.63, 3.8) is 0 Å². The van der Waals surface area contributed by atoms with Crippen LogP contribution in [0.2, 0.25) is 0 Å². The summed E-state index contributed by atoms with van der Waals surface area (Å²) >= 11 is 0. The van der Waals surface area contributed by atoms with Gasteiger partial charge >= 0.3 is 0 Å². The lowest BCUT2D eigenvalue weighted by Gasteiger charge is -2.09. The molecule has 1 atom stereocenters. The van der Waals surface area contributed by atoms with E-state index in [1.807, 2.05) is 13.2 Å². The maximum atomic E-state index is 8.75. The third-order valence-electron chi connectivity index (χ3n) is 1.96. The average molecular weight is 169 g/mol. The Morgan fingerprint density at radius 1 is 1.75 bits per heavy atom. The summed E-state index contributed by atoms with van der Waals surface area (Å²) in [6, 6.07) is 0. The molecule has 1 unspecified atom stereocenters. The van der Waals surface area contributed by atoms with Crippen LogP contribution in [0.3, 0.4) is 0 Å². The summed E-state index contributed by atoms with van der Waals surface area (Å²) in [5, 5.41) is 12.8. The number of hydrogen-bond donors (Lipinski definition) is 2. The summed E-state index contributed by atoms with van der Waals surface area (Å²) in [4.78, 5) is 0. The van der Waals surface area contributed by atoms with Crippen LogP contribution in [0.15, 0.2) is 12.4 Å². The van der Waals surface area contributed by atoms with Crippen LogP contribution in [0, 0.1) is 0 Å². The number of aryl methyl sites for hydroxylation is 1. The van der Waals surface area contributed by atoms with Crippen molar-refractivity contribution in [3.05, 3.63) is 18.0 Å². The first kappa shape index (κ1) is 9.22. The summed E-state index contributed by atoms with van der Waals surface area (Å²) in [5.41, 5.74) is 6.66. The minimum absolute atomic E-state index is 0.177. The summed E-state index contributed by atoms with van der Waals surface area (Å²) < 4.78 is 1.75. The molecule has 0 aliphatic rings. The molecule has 4 nitrogen and oxygen atoms in total. The zero-order chi connectivity index (χ0) is 8.97. The van der Waals surface area contributed by atoms with Gasteiger partial charge in [-0.3, -0.25) is 4.68 Å². The molecule has 0 spiro atoms. The van der Waals surface area contributed by atoms with Crippen LogP contribution >= 0.6 is 0 Å². The van der Waals surface area contributed by atoms with Crippen LogP contribution in [-0.4, -0.2) is 28.0 Å². The molecule has 3 N–H and O–H groups in total. The molecule has 0 fully saturated rings. The van der Waals surface area contributed by atoms with Crippen molar-refractivity contribution < 1.29 is 5.11 Å². The minimum atomic E-state index is 0.177. The maximum Gasteiger partial charge on any atom is 0.0524 e. The Hall–Kier alpha value is -0.870. The highest BCUT2D eigenvalue weighted by Gasteiger charge is 2.09. The van der Waals surface area contributed by atoms with Crippen LogP contribution in [0.1, 0.15) is 17.9 Å². The highest BCUT2D eigenvalue weighted by Crippen LogP contribution is 2.16. The molecule has 1 aromatic rings. The van der Waals surface area contributed by atoms with Gasteiger partial charge in [-0.15, -0.1) is 0 Å². The number of nitrogens with two attached hydrogens (primary N) is 1. The second-order valence-electron chi connectivity index (χ2n) is 2.89. The molecule has 12 heavy (non-hydrogen) atoms. The number of aromatic nitrogens is 2. The topological polar surface area (TPSA) is 64.1 Å². The van der Waals surface area contributed by atoms with Crippen molar-refractivity contribution in [1.29, 1.82) is 0 Å². The summed E-state index contributed by atoms with van der Waals surface area (Å²) in [5.74, 6) is 0.240. The molecule has 0 amide bonds. The molecule has 0 aliphatic heterocycles. The van der Waals surface area contributed by atoms with Gasteiger partial charge in [0.1, 0.15) is 0 Å². The van der Waals surface area contributed by atoms with Crippen LogP contribution in [0.5, 0.6) is 0 Å². The largest absolute Gasteiger partial charge is 0.396 e. The Kier molecular flexibility index (Phi) is 3.25. The maximum absolute atomic E-state index is 8.75. The Morgan fingerprint density at radius 2 is 2.50 bits per heavy atom. The summed E-state index contributed by atoms with van der Waals surface area (Å²) in [6.45, 7) is 0.739. The van der Waals surface area contributed by atoms with E-state index in [1.54, 1.807) is 10.9 Å². The standard InChI is InChI=1S/C8H15N3O/c1-11-6-8(5-10-11)7(4-9)2-3-12/h5-7,12H,2-4,9H2,1H3. The molecule has 1 heterocycles. The number of rotatable bonds is 4. The molecular weight excluding hydrogens is 154 g/mol. The molecule has 0 saturated carbocycles. The number of aliphatic hydroxyl groups is 1. The van der Waals surface area contributed by atoms with Gasteiger partial charge < -0.3 is 10.8 Å². The predicted molar refractivity (Wildman–Crippen MR) is 46.7 cm³/mol. The third kappa shape index (κ3) is 2.06. The Labute approximate surface area is 72.0 Å². The van der Waals surface area contributed by atoms with Crippen LogP contribution < -0.4 is 5.73 Å². The SMILES string of the molecule is Cn1cc(C(CN)CCO)cn1. The first-order chi connectivity index (χ1) is 5.77.